The van der Waals surface area contributed by atoms with Gasteiger partial charge in [0.25, 0.3) is 0 Å². The molecule has 130 valence electrons. The van der Waals surface area contributed by atoms with Gasteiger partial charge in [-0.3, -0.25) is 0 Å². The second-order valence-corrected chi connectivity index (χ2v) is 6.78. The van der Waals surface area contributed by atoms with Crippen molar-refractivity contribution in [3.63, 3.8) is 0 Å². The van der Waals surface area contributed by atoms with Crippen LogP contribution in [0, 0.1) is 0 Å². The third-order valence-electron chi connectivity index (χ3n) is 3.56. The minimum absolute atomic E-state index is 0.173. The molecule has 0 heterocycles. The van der Waals surface area contributed by atoms with Crippen LogP contribution in [0.3, 0.4) is 0 Å². The molecule has 0 aliphatic heterocycles. The van der Waals surface area contributed by atoms with Crippen molar-refractivity contribution in [2.75, 3.05) is 7.11 Å². The predicted octanol–water partition coefficient (Wildman–Crippen LogP) is 3.22. The number of nitrogens with one attached hydrogen (secondary N) is 2. The van der Waals surface area contributed by atoms with Gasteiger partial charge in [-0.1, -0.05) is 24.3 Å². The summed E-state index contributed by atoms with van der Waals surface area (Å²) in [6, 6.07) is 8.43. The summed E-state index contributed by atoms with van der Waals surface area (Å²) in [7, 11) is 1.72. The molecule has 1 aromatic rings. The fourth-order valence-electron chi connectivity index (χ4n) is 1.91. The number of hydrogen-bond acceptors (Lipinski definition) is 4. The summed E-state index contributed by atoms with van der Waals surface area (Å²) in [5.41, 5.74) is 1.76. The summed E-state index contributed by atoms with van der Waals surface area (Å²) in [5.74, 6) is 0. The summed E-state index contributed by atoms with van der Waals surface area (Å²) in [6.45, 7) is 10.9. The maximum atomic E-state index is 11.6. The van der Waals surface area contributed by atoms with Crippen molar-refractivity contribution in [1.29, 1.82) is 0 Å². The maximum absolute atomic E-state index is 11.6. The first kappa shape index (κ1) is 19.5. The van der Waals surface area contributed by atoms with Gasteiger partial charge in [-0.05, 0) is 45.7 Å². The molecule has 0 aliphatic rings. The second kappa shape index (κ2) is 8.89. The topological polar surface area (TPSA) is 59.6 Å². The van der Waals surface area contributed by atoms with Gasteiger partial charge in [0.2, 0.25) is 0 Å². The molecule has 1 rings (SSSR count). The average Bonchev–Trinajstić information content (AvgIpc) is 2.49. The molecule has 23 heavy (non-hydrogen) atoms. The Kier molecular flexibility index (Phi) is 7.52. The fourth-order valence-corrected chi connectivity index (χ4v) is 1.91. The van der Waals surface area contributed by atoms with Crippen molar-refractivity contribution in [2.24, 2.45) is 0 Å². The van der Waals surface area contributed by atoms with Crippen LogP contribution in [0.1, 0.15) is 45.7 Å². The van der Waals surface area contributed by atoms with Crippen LogP contribution in [-0.4, -0.2) is 30.9 Å². The minimum atomic E-state index is -0.477. The lowest BCUT2D eigenvalue weighted by molar-refractivity contribution is 0.0523. The highest BCUT2D eigenvalue weighted by Crippen LogP contribution is 2.08. The van der Waals surface area contributed by atoms with Crippen LogP contribution in [0.4, 0.5) is 4.79 Å². The van der Waals surface area contributed by atoms with E-state index in [-0.39, 0.29) is 12.1 Å². The van der Waals surface area contributed by atoms with Crippen LogP contribution in [0.15, 0.2) is 24.3 Å². The van der Waals surface area contributed by atoms with E-state index < -0.39 is 11.7 Å². The Morgan fingerprint density at radius 3 is 2.09 bits per heavy atom. The van der Waals surface area contributed by atoms with E-state index in [1.54, 1.807) is 7.11 Å². The Bertz CT molecular complexity index is 480. The van der Waals surface area contributed by atoms with Crippen molar-refractivity contribution in [3.8, 4) is 0 Å². The van der Waals surface area contributed by atoms with Gasteiger partial charge in [0.15, 0.2) is 0 Å². The molecular weight excluding hydrogens is 292 g/mol. The molecule has 0 saturated carbocycles. The molecule has 0 saturated heterocycles. The van der Waals surface area contributed by atoms with Crippen molar-refractivity contribution in [3.05, 3.63) is 35.4 Å². The van der Waals surface area contributed by atoms with E-state index in [2.05, 4.69) is 29.7 Å². The summed E-state index contributed by atoms with van der Waals surface area (Å²) in [5, 5.41) is 6.18. The summed E-state index contributed by atoms with van der Waals surface area (Å²) in [4.78, 5) is 11.6. The van der Waals surface area contributed by atoms with E-state index >= 15 is 0 Å². The molecule has 0 spiro atoms. The number of amides is 1. The van der Waals surface area contributed by atoms with Gasteiger partial charge in [0.1, 0.15) is 5.60 Å². The molecular formula is C18H30N2O3. The van der Waals surface area contributed by atoms with Gasteiger partial charge >= 0.3 is 6.09 Å². The largest absolute Gasteiger partial charge is 0.444 e. The summed E-state index contributed by atoms with van der Waals surface area (Å²) >= 11 is 0. The Labute approximate surface area is 139 Å². The SMILES string of the molecule is COC(C)C(C)NCc1ccc(CNC(=O)OC(C)(C)C)cc1. The lowest BCUT2D eigenvalue weighted by Crippen LogP contribution is -2.36. The number of hydrogen-bond donors (Lipinski definition) is 2. The van der Waals surface area contributed by atoms with E-state index in [9.17, 15) is 4.79 Å². The maximum Gasteiger partial charge on any atom is 0.407 e. The molecule has 0 aliphatic carbocycles. The predicted molar refractivity (Wildman–Crippen MR) is 92.3 cm³/mol. The van der Waals surface area contributed by atoms with Crippen LogP contribution in [0.25, 0.3) is 0 Å². The van der Waals surface area contributed by atoms with E-state index in [1.807, 2.05) is 39.8 Å². The highest BCUT2D eigenvalue weighted by Gasteiger charge is 2.15. The molecule has 1 aromatic carbocycles. The first-order chi connectivity index (χ1) is 10.7. The zero-order valence-electron chi connectivity index (χ0n) is 15.1. The fraction of sp³-hybridized carbons (Fsp3) is 0.611. The van der Waals surface area contributed by atoms with Gasteiger partial charge in [0.05, 0.1) is 6.10 Å². The van der Waals surface area contributed by atoms with Crippen molar-refractivity contribution in [2.45, 2.75) is 65.5 Å². The smallest absolute Gasteiger partial charge is 0.407 e. The van der Waals surface area contributed by atoms with Crippen LogP contribution in [0.2, 0.25) is 0 Å². The van der Waals surface area contributed by atoms with Gasteiger partial charge in [-0.15, -0.1) is 0 Å². The normalized spacial score (nSPS) is 14.2. The third-order valence-corrected chi connectivity index (χ3v) is 3.56. The number of benzene rings is 1. The van der Waals surface area contributed by atoms with E-state index in [0.717, 1.165) is 12.1 Å². The first-order valence-electron chi connectivity index (χ1n) is 8.02. The number of carbonyl (C=O) groups excluding carboxylic acids is 1. The molecule has 0 fully saturated rings. The van der Waals surface area contributed by atoms with Crippen LogP contribution >= 0.6 is 0 Å². The first-order valence-corrected chi connectivity index (χ1v) is 8.02. The zero-order chi connectivity index (χ0) is 17.5. The number of carbonyl (C=O) groups is 1. The third kappa shape index (κ3) is 8.00. The van der Waals surface area contributed by atoms with Gasteiger partial charge < -0.3 is 20.1 Å². The van der Waals surface area contributed by atoms with E-state index in [0.29, 0.717) is 6.54 Å². The average molecular weight is 322 g/mol. The number of alkyl carbamates (subject to hydrolysis) is 1. The highest BCUT2D eigenvalue weighted by molar-refractivity contribution is 5.67. The van der Waals surface area contributed by atoms with E-state index in [4.69, 9.17) is 9.47 Å². The van der Waals surface area contributed by atoms with Gasteiger partial charge in [-0.25, -0.2) is 4.79 Å². The van der Waals surface area contributed by atoms with Crippen LogP contribution in [0.5, 0.6) is 0 Å². The lowest BCUT2D eigenvalue weighted by atomic mass is 10.1. The Balaban J connectivity index is 2.40. The van der Waals surface area contributed by atoms with Crippen molar-refractivity contribution < 1.29 is 14.3 Å². The molecule has 0 bridgehead atoms. The highest BCUT2D eigenvalue weighted by atomic mass is 16.6. The van der Waals surface area contributed by atoms with E-state index in [1.165, 1.54) is 5.56 Å². The van der Waals surface area contributed by atoms with Gasteiger partial charge in [0, 0.05) is 26.2 Å². The summed E-state index contributed by atoms with van der Waals surface area (Å²) in [6.07, 6.45) is -0.224. The molecule has 2 N–H and O–H groups in total. The van der Waals surface area contributed by atoms with Crippen LogP contribution in [-0.2, 0) is 22.6 Å². The van der Waals surface area contributed by atoms with Crippen molar-refractivity contribution in [1.82, 2.24) is 10.6 Å². The number of ether oxygens (including phenoxy) is 2. The molecule has 2 unspecified atom stereocenters. The van der Waals surface area contributed by atoms with Crippen LogP contribution < -0.4 is 10.6 Å². The number of methoxy groups -OCH3 is 1. The van der Waals surface area contributed by atoms with Crippen molar-refractivity contribution >= 4 is 6.09 Å². The molecule has 5 heteroatoms. The Hall–Kier alpha value is -1.59. The summed E-state index contributed by atoms with van der Waals surface area (Å²) < 4.78 is 10.5. The lowest BCUT2D eigenvalue weighted by Gasteiger charge is -2.20. The monoisotopic (exact) mass is 322 g/mol. The molecule has 5 nitrogen and oxygen atoms in total. The quantitative estimate of drug-likeness (QED) is 0.809. The van der Waals surface area contributed by atoms with Gasteiger partial charge in [-0.2, -0.15) is 0 Å². The molecule has 0 radical (unpaired) electrons. The number of rotatable bonds is 7. The standard InChI is InChI=1S/C18H30N2O3/c1-13(14(2)22-6)19-11-15-7-9-16(10-8-15)12-20-17(21)23-18(3,4)5/h7-10,13-14,19H,11-12H2,1-6H3,(H,20,21). The Morgan fingerprint density at radius 1 is 1.09 bits per heavy atom. The minimum Gasteiger partial charge on any atom is -0.444 e. The molecule has 2 atom stereocenters. The molecule has 0 aromatic heterocycles. The second-order valence-electron chi connectivity index (χ2n) is 6.78. The zero-order valence-corrected chi connectivity index (χ0v) is 15.1. The molecule has 1 amide bonds. The Morgan fingerprint density at radius 2 is 1.61 bits per heavy atom.